The number of carbonyl (C=O) groups excluding carboxylic acids is 1. The number of carbonyl (C=O) groups is 1. The Kier molecular flexibility index (Phi) is 4.72. The number of fused-ring (bicyclic) bond motifs is 1. The third kappa shape index (κ3) is 3.96. The average molecular weight is 367 g/mol. The summed E-state index contributed by atoms with van der Waals surface area (Å²) in [5.41, 5.74) is 1.06. The van der Waals surface area contributed by atoms with E-state index >= 15 is 0 Å². The van der Waals surface area contributed by atoms with Crippen molar-refractivity contribution in [1.82, 2.24) is 4.98 Å². The fourth-order valence-corrected chi connectivity index (χ4v) is 2.86. The molecule has 3 nitrogen and oxygen atoms in total. The number of anilines is 1. The highest BCUT2D eigenvalue weighted by atomic mass is 35.5. The predicted molar refractivity (Wildman–Crippen MR) is 91.7 cm³/mol. The molecule has 0 bridgehead atoms. The molecule has 3 aromatic rings. The molecule has 2 N–H and O–H groups in total. The second-order valence-corrected chi connectivity index (χ2v) is 6.01. The molecule has 0 radical (unpaired) electrons. The summed E-state index contributed by atoms with van der Waals surface area (Å²) in [5, 5.41) is 3.11. The molecule has 0 saturated carbocycles. The van der Waals surface area contributed by atoms with Crippen LogP contribution in [0.25, 0.3) is 10.9 Å². The summed E-state index contributed by atoms with van der Waals surface area (Å²) in [5.74, 6) is -0.360. The lowest BCUT2D eigenvalue weighted by Crippen LogP contribution is -2.13. The second-order valence-electron chi connectivity index (χ2n) is 5.60. The maximum absolute atomic E-state index is 12.8. The number of H-pyrrole nitrogens is 1. The molecule has 0 aliphatic heterocycles. The first-order chi connectivity index (χ1) is 11.8. The molecule has 0 saturated heterocycles. The molecule has 1 aromatic heterocycles. The van der Waals surface area contributed by atoms with Gasteiger partial charge >= 0.3 is 6.18 Å². The highest BCUT2D eigenvalue weighted by Crippen LogP contribution is 2.36. The van der Waals surface area contributed by atoms with Gasteiger partial charge in [-0.25, -0.2) is 0 Å². The van der Waals surface area contributed by atoms with Crippen molar-refractivity contribution >= 4 is 34.1 Å². The lowest BCUT2D eigenvalue weighted by Gasteiger charge is -2.11. The van der Waals surface area contributed by atoms with E-state index in [1.165, 1.54) is 6.07 Å². The summed E-state index contributed by atoms with van der Waals surface area (Å²) < 4.78 is 38.5. The minimum absolute atomic E-state index is 0.0700. The van der Waals surface area contributed by atoms with Gasteiger partial charge in [0.05, 0.1) is 10.6 Å². The topological polar surface area (TPSA) is 44.9 Å². The normalized spacial score (nSPS) is 11.7. The summed E-state index contributed by atoms with van der Waals surface area (Å²) in [6, 6.07) is 11.0. The zero-order valence-electron chi connectivity index (χ0n) is 13.0. The second kappa shape index (κ2) is 6.80. The standard InChI is InChI=1S/C18H14ClF3N2O/c19-15-7-6-12(9-14(15)18(20,21)22)24-17(25)8-5-11-10-23-16-4-2-1-3-13(11)16/h1-4,6-7,9-10,23H,5,8H2,(H,24,25). The Morgan fingerprint density at radius 3 is 2.68 bits per heavy atom. The zero-order chi connectivity index (χ0) is 18.0. The Hall–Kier alpha value is -2.47. The van der Waals surface area contributed by atoms with Crippen LogP contribution in [0.4, 0.5) is 18.9 Å². The molecule has 0 atom stereocenters. The minimum atomic E-state index is -4.57. The number of nitrogens with one attached hydrogen (secondary N) is 2. The van der Waals surface area contributed by atoms with E-state index in [1.807, 2.05) is 30.5 Å². The Morgan fingerprint density at radius 2 is 1.92 bits per heavy atom. The third-order valence-electron chi connectivity index (χ3n) is 3.85. The van der Waals surface area contributed by atoms with Crippen molar-refractivity contribution in [3.05, 3.63) is 64.8 Å². The van der Waals surface area contributed by atoms with Crippen molar-refractivity contribution in [2.24, 2.45) is 0 Å². The molecule has 25 heavy (non-hydrogen) atoms. The zero-order valence-corrected chi connectivity index (χ0v) is 13.7. The van der Waals surface area contributed by atoms with E-state index in [-0.39, 0.29) is 18.0 Å². The van der Waals surface area contributed by atoms with Gasteiger partial charge in [0.2, 0.25) is 5.91 Å². The number of benzene rings is 2. The Balaban J connectivity index is 1.67. The number of amides is 1. The molecule has 2 aromatic carbocycles. The first-order valence-corrected chi connectivity index (χ1v) is 7.94. The quantitative estimate of drug-likeness (QED) is 0.637. The van der Waals surface area contributed by atoms with Gasteiger partial charge in [0.15, 0.2) is 0 Å². The van der Waals surface area contributed by atoms with E-state index in [4.69, 9.17) is 11.6 Å². The van der Waals surface area contributed by atoms with Crippen LogP contribution in [0, 0.1) is 0 Å². The van der Waals surface area contributed by atoms with Crippen LogP contribution >= 0.6 is 11.6 Å². The lowest BCUT2D eigenvalue weighted by molar-refractivity contribution is -0.137. The fourth-order valence-electron chi connectivity index (χ4n) is 2.63. The molecule has 7 heteroatoms. The molecule has 0 unspecified atom stereocenters. The Bertz CT molecular complexity index is 918. The third-order valence-corrected chi connectivity index (χ3v) is 4.18. The van der Waals surface area contributed by atoms with E-state index in [0.717, 1.165) is 28.6 Å². The highest BCUT2D eigenvalue weighted by Gasteiger charge is 2.33. The maximum Gasteiger partial charge on any atom is 0.417 e. The summed E-state index contributed by atoms with van der Waals surface area (Å²) in [4.78, 5) is 15.2. The van der Waals surface area contributed by atoms with Crippen molar-refractivity contribution in [3.8, 4) is 0 Å². The number of halogens is 4. The van der Waals surface area contributed by atoms with Crippen LogP contribution in [0.2, 0.25) is 5.02 Å². The first-order valence-electron chi connectivity index (χ1n) is 7.56. The number of aromatic nitrogens is 1. The number of hydrogen-bond acceptors (Lipinski definition) is 1. The molecule has 0 aliphatic carbocycles. The van der Waals surface area contributed by atoms with Gasteiger partial charge in [0.1, 0.15) is 0 Å². The largest absolute Gasteiger partial charge is 0.417 e. The van der Waals surface area contributed by atoms with E-state index < -0.39 is 16.8 Å². The van der Waals surface area contributed by atoms with Crippen LogP contribution in [0.5, 0.6) is 0 Å². The van der Waals surface area contributed by atoms with Gasteiger partial charge in [-0.05, 0) is 36.2 Å². The molecular formula is C18H14ClF3N2O. The summed E-state index contributed by atoms with van der Waals surface area (Å²) in [7, 11) is 0. The van der Waals surface area contributed by atoms with Crippen molar-refractivity contribution < 1.29 is 18.0 Å². The molecule has 1 amide bonds. The van der Waals surface area contributed by atoms with Crippen molar-refractivity contribution in [2.45, 2.75) is 19.0 Å². The van der Waals surface area contributed by atoms with Crippen LogP contribution in [-0.2, 0) is 17.4 Å². The van der Waals surface area contributed by atoms with Crippen molar-refractivity contribution in [2.75, 3.05) is 5.32 Å². The van der Waals surface area contributed by atoms with Gasteiger partial charge in [-0.1, -0.05) is 29.8 Å². The fraction of sp³-hybridized carbons (Fsp3) is 0.167. The summed E-state index contributed by atoms with van der Waals surface area (Å²) >= 11 is 5.57. The van der Waals surface area contributed by atoms with E-state index in [0.29, 0.717) is 6.42 Å². The van der Waals surface area contributed by atoms with Crippen molar-refractivity contribution in [3.63, 3.8) is 0 Å². The Labute approximate surface area is 146 Å². The number of alkyl halides is 3. The van der Waals surface area contributed by atoms with Gasteiger partial charge in [0, 0.05) is 29.2 Å². The van der Waals surface area contributed by atoms with Gasteiger partial charge in [0.25, 0.3) is 0 Å². The number of para-hydroxylation sites is 1. The van der Waals surface area contributed by atoms with E-state index in [9.17, 15) is 18.0 Å². The van der Waals surface area contributed by atoms with Gasteiger partial charge in [-0.3, -0.25) is 4.79 Å². The minimum Gasteiger partial charge on any atom is -0.361 e. The molecule has 1 heterocycles. The van der Waals surface area contributed by atoms with Crippen LogP contribution in [0.3, 0.4) is 0 Å². The molecule has 0 fully saturated rings. The summed E-state index contributed by atoms with van der Waals surface area (Å²) in [6.45, 7) is 0. The predicted octanol–water partition coefficient (Wildman–Crippen LogP) is 5.41. The van der Waals surface area contributed by atoms with Crippen LogP contribution in [-0.4, -0.2) is 10.9 Å². The molecule has 130 valence electrons. The number of aryl methyl sites for hydroxylation is 1. The number of hydrogen-bond donors (Lipinski definition) is 2. The van der Waals surface area contributed by atoms with Gasteiger partial charge in [-0.15, -0.1) is 0 Å². The number of aromatic amines is 1. The van der Waals surface area contributed by atoms with Crippen LogP contribution in [0.15, 0.2) is 48.7 Å². The van der Waals surface area contributed by atoms with Crippen LogP contribution < -0.4 is 5.32 Å². The van der Waals surface area contributed by atoms with Gasteiger partial charge < -0.3 is 10.3 Å². The molecule has 0 spiro atoms. The molecule has 0 aliphatic rings. The molecule has 3 rings (SSSR count). The first kappa shape index (κ1) is 17.4. The van der Waals surface area contributed by atoms with Crippen LogP contribution in [0.1, 0.15) is 17.5 Å². The van der Waals surface area contributed by atoms with E-state index in [2.05, 4.69) is 10.3 Å². The molecular weight excluding hydrogens is 353 g/mol. The monoisotopic (exact) mass is 366 g/mol. The average Bonchev–Trinajstić information content (AvgIpc) is 2.97. The van der Waals surface area contributed by atoms with E-state index in [1.54, 1.807) is 0 Å². The van der Waals surface area contributed by atoms with Crippen molar-refractivity contribution in [1.29, 1.82) is 0 Å². The lowest BCUT2D eigenvalue weighted by atomic mass is 10.1. The Morgan fingerprint density at radius 1 is 1.16 bits per heavy atom. The summed E-state index contributed by atoms with van der Waals surface area (Å²) in [6.07, 6.45) is -2.09. The maximum atomic E-state index is 12.8. The highest BCUT2D eigenvalue weighted by molar-refractivity contribution is 6.31. The smallest absolute Gasteiger partial charge is 0.361 e. The number of rotatable bonds is 4. The van der Waals surface area contributed by atoms with Gasteiger partial charge in [-0.2, -0.15) is 13.2 Å². The SMILES string of the molecule is O=C(CCc1c[nH]c2ccccc12)Nc1ccc(Cl)c(C(F)(F)F)c1.